The van der Waals surface area contributed by atoms with E-state index in [2.05, 4.69) is 35.2 Å². The first kappa shape index (κ1) is 13.1. The molecule has 0 atom stereocenters. The summed E-state index contributed by atoms with van der Waals surface area (Å²) in [6.07, 6.45) is 2.93. The number of anilines is 1. The lowest BCUT2D eigenvalue weighted by Gasteiger charge is -2.11. The Morgan fingerprint density at radius 3 is 2.55 bits per heavy atom. The van der Waals surface area contributed by atoms with E-state index in [0.29, 0.717) is 12.3 Å². The Kier molecular flexibility index (Phi) is 3.45. The molecule has 20 heavy (non-hydrogen) atoms. The zero-order valence-corrected chi connectivity index (χ0v) is 12.6. The molecule has 1 aliphatic rings. The first-order chi connectivity index (χ1) is 9.69. The summed E-state index contributed by atoms with van der Waals surface area (Å²) < 4.78 is 0. The molecule has 0 bridgehead atoms. The molecule has 1 aromatic heterocycles. The maximum absolute atomic E-state index is 8.95. The molecule has 0 saturated heterocycles. The molecule has 0 aliphatic heterocycles. The molecular weight excluding hydrogens is 266 g/mol. The van der Waals surface area contributed by atoms with Gasteiger partial charge in [-0.2, -0.15) is 5.26 Å². The maximum Gasteiger partial charge on any atom is 0.123 e. The van der Waals surface area contributed by atoms with Crippen LogP contribution in [-0.2, 0) is 6.42 Å². The lowest BCUT2D eigenvalue weighted by atomic mass is 10.2. The van der Waals surface area contributed by atoms with Gasteiger partial charge in [-0.15, -0.1) is 11.3 Å². The average molecular weight is 283 g/mol. The Morgan fingerprint density at radius 1 is 1.30 bits per heavy atom. The molecule has 0 amide bonds. The molecule has 4 heteroatoms. The van der Waals surface area contributed by atoms with Crippen LogP contribution >= 0.6 is 11.3 Å². The predicted octanol–water partition coefficient (Wildman–Crippen LogP) is 3.82. The minimum atomic E-state index is 0.485. The molecule has 1 heterocycles. The monoisotopic (exact) mass is 283 g/mol. The number of nitriles is 1. The van der Waals surface area contributed by atoms with Crippen LogP contribution in [0.4, 0.5) is 5.69 Å². The maximum atomic E-state index is 8.95. The van der Waals surface area contributed by atoms with E-state index in [1.807, 2.05) is 14.1 Å². The molecule has 1 aromatic carbocycles. The smallest absolute Gasteiger partial charge is 0.123 e. The molecule has 1 saturated carbocycles. The lowest BCUT2D eigenvalue weighted by Crippen LogP contribution is -2.07. The second-order valence-corrected chi connectivity index (χ2v) is 6.46. The Labute approximate surface area is 123 Å². The molecule has 0 N–H and O–H groups in total. The molecule has 3 rings (SSSR count). The van der Waals surface area contributed by atoms with Crippen molar-refractivity contribution in [3.63, 3.8) is 0 Å². The molecular formula is C16H17N3S. The number of thiazole rings is 1. The molecule has 0 spiro atoms. The average Bonchev–Trinajstić information content (AvgIpc) is 3.21. The van der Waals surface area contributed by atoms with Crippen molar-refractivity contribution in [3.05, 3.63) is 34.8 Å². The van der Waals surface area contributed by atoms with Gasteiger partial charge in [0.1, 0.15) is 5.01 Å². The summed E-state index contributed by atoms with van der Waals surface area (Å²) in [5, 5.41) is 9.99. The van der Waals surface area contributed by atoms with Gasteiger partial charge in [-0.05, 0) is 37.1 Å². The summed E-state index contributed by atoms with van der Waals surface area (Å²) in [6, 6.07) is 10.7. The van der Waals surface area contributed by atoms with E-state index in [0.717, 1.165) is 15.4 Å². The van der Waals surface area contributed by atoms with Crippen molar-refractivity contribution >= 4 is 17.0 Å². The Balaban J connectivity index is 1.93. The highest BCUT2D eigenvalue weighted by Crippen LogP contribution is 2.44. The van der Waals surface area contributed by atoms with Gasteiger partial charge >= 0.3 is 0 Å². The van der Waals surface area contributed by atoms with E-state index < -0.39 is 0 Å². The van der Waals surface area contributed by atoms with Crippen LogP contribution in [0.5, 0.6) is 0 Å². The van der Waals surface area contributed by atoms with Crippen molar-refractivity contribution in [1.82, 2.24) is 4.98 Å². The van der Waals surface area contributed by atoms with Crippen molar-refractivity contribution in [2.75, 3.05) is 19.0 Å². The fraction of sp³-hybridized carbons (Fsp3) is 0.375. The zero-order chi connectivity index (χ0) is 14.1. The van der Waals surface area contributed by atoms with Crippen molar-refractivity contribution in [1.29, 1.82) is 5.26 Å². The van der Waals surface area contributed by atoms with E-state index in [9.17, 15) is 0 Å². The second-order valence-electron chi connectivity index (χ2n) is 5.38. The van der Waals surface area contributed by atoms with Gasteiger partial charge in [0.25, 0.3) is 0 Å². The molecule has 0 radical (unpaired) electrons. The van der Waals surface area contributed by atoms with Crippen molar-refractivity contribution < 1.29 is 0 Å². The van der Waals surface area contributed by atoms with Gasteiger partial charge in [-0.3, -0.25) is 0 Å². The number of nitrogens with zero attached hydrogens (tertiary/aromatic N) is 3. The molecule has 2 aromatic rings. The van der Waals surface area contributed by atoms with Crippen molar-refractivity contribution in [3.8, 4) is 16.6 Å². The van der Waals surface area contributed by atoms with Crippen LogP contribution in [0, 0.1) is 11.3 Å². The van der Waals surface area contributed by atoms with Gasteiger partial charge in [-0.25, -0.2) is 4.98 Å². The van der Waals surface area contributed by atoms with E-state index in [1.165, 1.54) is 24.2 Å². The third-order valence-corrected chi connectivity index (χ3v) is 4.68. The highest BCUT2D eigenvalue weighted by molar-refractivity contribution is 7.15. The van der Waals surface area contributed by atoms with Crippen molar-refractivity contribution in [2.24, 2.45) is 0 Å². The van der Waals surface area contributed by atoms with Crippen LogP contribution in [0.2, 0.25) is 0 Å². The van der Waals surface area contributed by atoms with Gasteiger partial charge in [0.2, 0.25) is 0 Å². The number of rotatable bonds is 4. The summed E-state index contributed by atoms with van der Waals surface area (Å²) in [5.74, 6) is 0.601. The molecule has 102 valence electrons. The first-order valence-electron chi connectivity index (χ1n) is 6.83. The van der Waals surface area contributed by atoms with Crippen LogP contribution in [0.15, 0.2) is 24.3 Å². The third-order valence-electron chi connectivity index (χ3n) is 3.56. The summed E-state index contributed by atoms with van der Waals surface area (Å²) >= 11 is 1.67. The largest absolute Gasteiger partial charge is 0.378 e. The minimum absolute atomic E-state index is 0.485. The van der Waals surface area contributed by atoms with E-state index in [-0.39, 0.29) is 0 Å². The first-order valence-corrected chi connectivity index (χ1v) is 7.65. The summed E-state index contributed by atoms with van der Waals surface area (Å²) in [5.41, 5.74) is 3.50. The lowest BCUT2D eigenvalue weighted by molar-refractivity contribution is 1.02. The Morgan fingerprint density at radius 2 is 2.00 bits per heavy atom. The standard InChI is InChI=1S/C16H17N3S/c1-19(2)13-7-5-12(6-8-13)16-18-15(11-3-4-11)14(20-16)9-10-17/h5-8,11H,3-4,9H2,1-2H3. The topological polar surface area (TPSA) is 39.9 Å². The highest BCUT2D eigenvalue weighted by atomic mass is 32.1. The Hall–Kier alpha value is -1.86. The molecule has 3 nitrogen and oxygen atoms in total. The molecule has 1 aliphatic carbocycles. The molecule has 0 unspecified atom stereocenters. The van der Waals surface area contributed by atoms with Gasteiger partial charge in [0.15, 0.2) is 0 Å². The van der Waals surface area contributed by atoms with E-state index in [1.54, 1.807) is 11.3 Å². The minimum Gasteiger partial charge on any atom is -0.378 e. The SMILES string of the molecule is CN(C)c1ccc(-c2nc(C3CC3)c(CC#N)s2)cc1. The predicted molar refractivity (Wildman–Crippen MR) is 83.2 cm³/mol. The van der Waals surface area contributed by atoms with Crippen LogP contribution in [0.1, 0.15) is 29.3 Å². The Bertz CT molecular complexity index is 645. The van der Waals surface area contributed by atoms with Crippen LogP contribution in [0.25, 0.3) is 10.6 Å². The summed E-state index contributed by atoms with van der Waals surface area (Å²) in [7, 11) is 4.07. The van der Waals surface area contributed by atoms with Gasteiger partial charge in [0, 0.05) is 36.1 Å². The number of aromatic nitrogens is 1. The summed E-state index contributed by atoms with van der Waals surface area (Å²) in [6.45, 7) is 0. The van der Waals surface area contributed by atoms with E-state index >= 15 is 0 Å². The van der Waals surface area contributed by atoms with Gasteiger partial charge in [-0.1, -0.05) is 0 Å². The van der Waals surface area contributed by atoms with Gasteiger partial charge in [0.05, 0.1) is 18.2 Å². The van der Waals surface area contributed by atoms with Crippen molar-refractivity contribution in [2.45, 2.75) is 25.2 Å². The van der Waals surface area contributed by atoms with Crippen LogP contribution in [-0.4, -0.2) is 19.1 Å². The molecule has 1 fully saturated rings. The fourth-order valence-corrected chi connectivity index (χ4v) is 3.35. The highest BCUT2D eigenvalue weighted by Gasteiger charge is 2.29. The third kappa shape index (κ3) is 2.54. The van der Waals surface area contributed by atoms with E-state index in [4.69, 9.17) is 10.2 Å². The normalized spacial score (nSPS) is 14.1. The number of hydrogen-bond donors (Lipinski definition) is 0. The number of benzene rings is 1. The summed E-state index contributed by atoms with van der Waals surface area (Å²) in [4.78, 5) is 8.03. The van der Waals surface area contributed by atoms with Crippen LogP contribution < -0.4 is 4.90 Å². The quantitative estimate of drug-likeness (QED) is 0.856. The fourth-order valence-electron chi connectivity index (χ4n) is 2.26. The van der Waals surface area contributed by atoms with Crippen LogP contribution in [0.3, 0.4) is 0 Å². The van der Waals surface area contributed by atoms with Gasteiger partial charge < -0.3 is 4.90 Å². The zero-order valence-electron chi connectivity index (χ0n) is 11.8. The number of hydrogen-bond acceptors (Lipinski definition) is 4. The second kappa shape index (κ2) is 5.26.